The van der Waals surface area contributed by atoms with E-state index in [1.807, 2.05) is 0 Å². The van der Waals surface area contributed by atoms with Crippen molar-refractivity contribution in [1.82, 2.24) is 0 Å². The summed E-state index contributed by atoms with van der Waals surface area (Å²) in [6.07, 6.45) is -17.3. The zero-order valence-corrected chi connectivity index (χ0v) is 21.7. The van der Waals surface area contributed by atoms with E-state index >= 15 is 0 Å². The van der Waals surface area contributed by atoms with Crippen LogP contribution in [-0.2, 0) is 14.2 Å². The molecule has 2 fully saturated rings. The molecule has 3 heterocycles. The van der Waals surface area contributed by atoms with Crippen molar-refractivity contribution in [3.8, 4) is 28.6 Å². The van der Waals surface area contributed by atoms with E-state index in [-0.39, 0.29) is 22.5 Å². The van der Waals surface area contributed by atoms with E-state index in [0.717, 1.165) is 12.1 Å². The van der Waals surface area contributed by atoms with Gasteiger partial charge in [-0.1, -0.05) is 0 Å². The van der Waals surface area contributed by atoms with Crippen molar-refractivity contribution in [3.05, 3.63) is 52.2 Å². The number of aliphatic hydroxyl groups excluding tert-OH is 7. The van der Waals surface area contributed by atoms with E-state index in [1.54, 1.807) is 0 Å². The molecular formula is C27H30O15. The van der Waals surface area contributed by atoms with Crippen LogP contribution in [0.25, 0.3) is 22.3 Å². The second-order valence-electron chi connectivity index (χ2n) is 10.1. The quantitative estimate of drug-likeness (QED) is 0.147. The predicted octanol–water partition coefficient (Wildman–Crippen LogP) is -2.08. The number of hydrogen-bond acceptors (Lipinski definition) is 15. The van der Waals surface area contributed by atoms with E-state index in [4.69, 9.17) is 18.6 Å². The molecule has 0 unspecified atom stereocenters. The van der Waals surface area contributed by atoms with Crippen molar-refractivity contribution in [2.75, 3.05) is 13.2 Å². The number of aliphatic hydroxyl groups is 7. The fourth-order valence-corrected chi connectivity index (χ4v) is 5.17. The summed E-state index contributed by atoms with van der Waals surface area (Å²) in [5.74, 6) is -1.49. The molecule has 15 heteroatoms. The molecule has 3 aromatic rings. The first kappa shape index (κ1) is 30.1. The number of phenolic OH excluding ortho intramolecular Hbond substituents is 3. The molecule has 2 aliphatic heterocycles. The van der Waals surface area contributed by atoms with Crippen molar-refractivity contribution in [2.24, 2.45) is 0 Å². The van der Waals surface area contributed by atoms with Crippen LogP contribution in [0.4, 0.5) is 0 Å². The third kappa shape index (κ3) is 5.20. The van der Waals surface area contributed by atoms with Gasteiger partial charge in [-0.3, -0.25) is 4.79 Å². The van der Waals surface area contributed by atoms with Crippen molar-refractivity contribution >= 4 is 11.0 Å². The summed E-state index contributed by atoms with van der Waals surface area (Å²) in [4.78, 5) is 13.1. The van der Waals surface area contributed by atoms with Crippen molar-refractivity contribution in [2.45, 2.75) is 61.2 Å². The van der Waals surface area contributed by atoms with Gasteiger partial charge in [0.1, 0.15) is 88.9 Å². The zero-order chi connectivity index (χ0) is 30.5. The molecule has 10 N–H and O–H groups in total. The van der Waals surface area contributed by atoms with Crippen LogP contribution in [0, 0.1) is 0 Å². The van der Waals surface area contributed by atoms with Gasteiger partial charge in [0.05, 0.1) is 18.8 Å². The SMILES string of the molecule is O=c1cc(-c2ccc(O)cc2)oc2cc(O)c([C@@H]3O[C@H](CO)[C@@H](O)[C@H](O[C@@H]4O[C@H](CO)[C@@H](O)[C@H](O)[C@H]4O)[C@H]3O)c(O)c12. The smallest absolute Gasteiger partial charge is 0.197 e. The summed E-state index contributed by atoms with van der Waals surface area (Å²) in [5.41, 5.74) is -1.07. The molecule has 5 rings (SSSR count). The van der Waals surface area contributed by atoms with E-state index in [1.165, 1.54) is 24.3 Å². The highest BCUT2D eigenvalue weighted by molar-refractivity contribution is 5.88. The second-order valence-corrected chi connectivity index (χ2v) is 10.1. The molecule has 228 valence electrons. The molecule has 42 heavy (non-hydrogen) atoms. The first-order valence-corrected chi connectivity index (χ1v) is 12.9. The maximum Gasteiger partial charge on any atom is 0.197 e. The number of fused-ring (bicyclic) bond motifs is 1. The molecule has 0 radical (unpaired) electrons. The molecule has 10 atom stereocenters. The minimum Gasteiger partial charge on any atom is -0.508 e. The summed E-state index contributed by atoms with van der Waals surface area (Å²) in [5, 5.41) is 103. The van der Waals surface area contributed by atoms with E-state index in [9.17, 15) is 55.9 Å². The highest BCUT2D eigenvalue weighted by Gasteiger charge is 2.51. The van der Waals surface area contributed by atoms with Crippen molar-refractivity contribution < 1.29 is 69.7 Å². The summed E-state index contributed by atoms with van der Waals surface area (Å²) >= 11 is 0. The van der Waals surface area contributed by atoms with E-state index < -0.39 is 96.9 Å². The van der Waals surface area contributed by atoms with Crippen LogP contribution in [0.3, 0.4) is 0 Å². The first-order chi connectivity index (χ1) is 20.0. The number of hydrogen-bond donors (Lipinski definition) is 10. The fourth-order valence-electron chi connectivity index (χ4n) is 5.17. The second kappa shape index (κ2) is 11.7. The summed E-state index contributed by atoms with van der Waals surface area (Å²) < 4.78 is 22.2. The molecule has 2 saturated heterocycles. The molecule has 1 aromatic heterocycles. The Kier molecular flexibility index (Phi) is 8.41. The minimum absolute atomic E-state index is 0.0204. The maximum absolute atomic E-state index is 13.1. The van der Waals surface area contributed by atoms with Gasteiger partial charge in [-0.25, -0.2) is 0 Å². The Balaban J connectivity index is 1.52. The molecule has 0 spiro atoms. The predicted molar refractivity (Wildman–Crippen MR) is 138 cm³/mol. The van der Waals surface area contributed by atoms with Crippen LogP contribution < -0.4 is 5.43 Å². The van der Waals surface area contributed by atoms with Gasteiger partial charge in [0.2, 0.25) is 0 Å². The van der Waals surface area contributed by atoms with Crippen LogP contribution in [0.2, 0.25) is 0 Å². The lowest BCUT2D eigenvalue weighted by molar-refractivity contribution is -0.342. The van der Waals surface area contributed by atoms with Gasteiger partial charge in [-0.15, -0.1) is 0 Å². The van der Waals surface area contributed by atoms with Crippen LogP contribution >= 0.6 is 0 Å². The first-order valence-electron chi connectivity index (χ1n) is 12.9. The minimum atomic E-state index is -1.95. The Morgan fingerprint density at radius 3 is 2.05 bits per heavy atom. The monoisotopic (exact) mass is 594 g/mol. The summed E-state index contributed by atoms with van der Waals surface area (Å²) in [7, 11) is 0. The van der Waals surface area contributed by atoms with Gasteiger partial charge >= 0.3 is 0 Å². The molecule has 2 aromatic carbocycles. The summed E-state index contributed by atoms with van der Waals surface area (Å²) in [6, 6.07) is 7.77. The van der Waals surface area contributed by atoms with E-state index in [0.29, 0.717) is 5.56 Å². The number of benzene rings is 2. The molecule has 0 saturated carbocycles. The topological polar surface area (TPSA) is 260 Å². The Morgan fingerprint density at radius 1 is 0.762 bits per heavy atom. The van der Waals surface area contributed by atoms with Crippen molar-refractivity contribution in [1.29, 1.82) is 0 Å². The average molecular weight is 595 g/mol. The summed E-state index contributed by atoms with van der Waals surface area (Å²) in [6.45, 7) is -1.62. The molecular weight excluding hydrogens is 564 g/mol. The Morgan fingerprint density at radius 2 is 1.40 bits per heavy atom. The van der Waals surface area contributed by atoms with E-state index in [2.05, 4.69) is 0 Å². The van der Waals surface area contributed by atoms with Gasteiger partial charge in [-0.05, 0) is 24.3 Å². The van der Waals surface area contributed by atoms with Crippen LogP contribution in [0.5, 0.6) is 17.2 Å². The molecule has 0 bridgehead atoms. The van der Waals surface area contributed by atoms with Crippen LogP contribution in [0.1, 0.15) is 11.7 Å². The van der Waals surface area contributed by atoms with Crippen molar-refractivity contribution in [3.63, 3.8) is 0 Å². The lowest BCUT2D eigenvalue weighted by Gasteiger charge is -2.46. The van der Waals surface area contributed by atoms with Crippen LogP contribution in [0.15, 0.2) is 45.6 Å². The maximum atomic E-state index is 13.1. The standard InChI is InChI=1S/C27H30O15/c28-7-15-19(33)22(36)23(37)27(41-15)42-26-20(34)16(8-29)40-25(24(26)38)18-12(32)6-14-17(21(18)35)11(31)5-13(39-14)9-1-3-10(30)4-2-9/h1-6,15-16,19-20,22-30,32-38H,7-8H2/t15-,16-,19-,20-,22+,23-,24+,25+,26+,27+/m1/s1. The molecule has 0 aliphatic carbocycles. The Labute approximate surface area is 236 Å². The van der Waals surface area contributed by atoms with Gasteiger partial charge in [0.15, 0.2) is 11.7 Å². The number of ether oxygens (including phenoxy) is 3. The third-order valence-electron chi connectivity index (χ3n) is 7.45. The highest BCUT2D eigenvalue weighted by atomic mass is 16.7. The van der Waals surface area contributed by atoms with Gasteiger partial charge < -0.3 is 69.7 Å². The van der Waals surface area contributed by atoms with Gasteiger partial charge in [-0.2, -0.15) is 0 Å². The molecule has 2 aliphatic rings. The largest absolute Gasteiger partial charge is 0.508 e. The molecule has 15 nitrogen and oxygen atoms in total. The van der Waals surface area contributed by atoms with Gasteiger partial charge in [0.25, 0.3) is 0 Å². The fraction of sp³-hybridized carbons (Fsp3) is 0.444. The molecule has 0 amide bonds. The van der Waals surface area contributed by atoms with Gasteiger partial charge in [0, 0.05) is 17.7 Å². The average Bonchev–Trinajstić information content (AvgIpc) is 2.96. The zero-order valence-electron chi connectivity index (χ0n) is 21.7. The number of rotatable bonds is 6. The Bertz CT molecular complexity index is 1470. The lowest BCUT2D eigenvalue weighted by atomic mass is 9.89. The number of aromatic hydroxyl groups is 3. The normalized spacial score (nSPS) is 33.6. The highest BCUT2D eigenvalue weighted by Crippen LogP contribution is 2.45. The third-order valence-corrected chi connectivity index (χ3v) is 7.45. The van der Waals surface area contributed by atoms with Crippen LogP contribution in [-0.4, -0.2) is 119 Å². The number of phenols is 3. The lowest BCUT2D eigenvalue weighted by Crippen LogP contribution is -2.63. The Hall–Kier alpha value is -3.35.